The lowest BCUT2D eigenvalue weighted by atomic mass is 10.1. The summed E-state index contributed by atoms with van der Waals surface area (Å²) in [6, 6.07) is 14.1. The molecule has 0 spiro atoms. The fourth-order valence-electron chi connectivity index (χ4n) is 4.01. The number of carbonyl (C=O) groups excluding carboxylic acids is 1. The quantitative estimate of drug-likeness (QED) is 0.415. The summed E-state index contributed by atoms with van der Waals surface area (Å²) >= 11 is 0. The van der Waals surface area contributed by atoms with Gasteiger partial charge in [0.05, 0.1) is 23.6 Å². The van der Waals surface area contributed by atoms with Crippen LogP contribution in [0.2, 0.25) is 0 Å². The first-order valence-electron chi connectivity index (χ1n) is 11.4. The van der Waals surface area contributed by atoms with Crippen molar-refractivity contribution in [2.75, 3.05) is 48.8 Å². The molecule has 0 saturated carbocycles. The molecule has 9 heteroatoms. The van der Waals surface area contributed by atoms with Gasteiger partial charge in [0.1, 0.15) is 0 Å². The fraction of sp³-hybridized carbons (Fsp3) is 0.192. The predicted molar refractivity (Wildman–Crippen MR) is 139 cm³/mol. The minimum absolute atomic E-state index is 0.345. The van der Waals surface area contributed by atoms with Crippen LogP contribution in [0.25, 0.3) is 22.2 Å². The monoisotopic (exact) mass is 466 g/mol. The number of aromatic nitrogens is 4. The maximum Gasteiger partial charge on any atom is 0.248 e. The molecule has 1 fully saturated rings. The molecule has 0 aliphatic carbocycles. The summed E-state index contributed by atoms with van der Waals surface area (Å²) in [5, 5.41) is 6.82. The van der Waals surface area contributed by atoms with Gasteiger partial charge in [0.25, 0.3) is 0 Å². The molecule has 2 aromatic carbocycles. The average Bonchev–Trinajstić information content (AvgIpc) is 2.89. The van der Waals surface area contributed by atoms with Crippen molar-refractivity contribution in [2.24, 2.45) is 0 Å². The Morgan fingerprint density at radius 1 is 1.00 bits per heavy atom. The Balaban J connectivity index is 1.39. The largest absolute Gasteiger partial charge is 0.369 e. The van der Waals surface area contributed by atoms with Gasteiger partial charge >= 0.3 is 0 Å². The van der Waals surface area contributed by atoms with Crippen molar-refractivity contribution < 1.29 is 4.79 Å². The third kappa shape index (κ3) is 5.10. The van der Waals surface area contributed by atoms with Crippen LogP contribution >= 0.6 is 0 Å². The molecule has 5 rings (SSSR count). The molecule has 1 aliphatic rings. The summed E-state index contributed by atoms with van der Waals surface area (Å²) in [6.07, 6.45) is 6.10. The molecule has 9 nitrogen and oxygen atoms in total. The maximum atomic E-state index is 11.7. The molecule has 0 unspecified atom stereocenters. The second kappa shape index (κ2) is 9.86. The van der Waals surface area contributed by atoms with Crippen molar-refractivity contribution in [1.29, 1.82) is 0 Å². The number of nitrogens with zero attached hydrogens (tertiary/aromatic N) is 6. The summed E-state index contributed by atoms with van der Waals surface area (Å²) in [7, 11) is 2.16. The number of benzene rings is 2. The van der Waals surface area contributed by atoms with Gasteiger partial charge in [0, 0.05) is 54.7 Å². The number of rotatable bonds is 6. The first-order valence-corrected chi connectivity index (χ1v) is 11.4. The van der Waals surface area contributed by atoms with E-state index in [0.717, 1.165) is 48.3 Å². The van der Waals surface area contributed by atoms with Gasteiger partial charge in [-0.1, -0.05) is 24.8 Å². The first kappa shape index (κ1) is 22.4. The molecular weight excluding hydrogens is 440 g/mol. The van der Waals surface area contributed by atoms with Crippen LogP contribution in [0.5, 0.6) is 0 Å². The molecule has 0 atom stereocenters. The highest BCUT2D eigenvalue weighted by molar-refractivity contribution is 5.98. The molecule has 176 valence electrons. The van der Waals surface area contributed by atoms with Gasteiger partial charge in [-0.05, 0) is 37.4 Å². The average molecular weight is 467 g/mol. The van der Waals surface area contributed by atoms with E-state index in [2.05, 4.69) is 61.1 Å². The number of carbonyl (C=O) groups is 1. The lowest BCUT2D eigenvalue weighted by molar-refractivity contribution is -0.111. The molecule has 2 N–H and O–H groups in total. The van der Waals surface area contributed by atoms with E-state index in [1.165, 1.54) is 18.0 Å². The van der Waals surface area contributed by atoms with Gasteiger partial charge in [-0.2, -0.15) is 0 Å². The number of likely N-dealkylation sites (N-methyl/N-ethyl adjacent to an activating group) is 1. The van der Waals surface area contributed by atoms with E-state index < -0.39 is 0 Å². The molecule has 3 heterocycles. The molecular formula is C26H26N8O. The first-order chi connectivity index (χ1) is 17.1. The summed E-state index contributed by atoms with van der Waals surface area (Å²) < 4.78 is 0. The zero-order valence-electron chi connectivity index (χ0n) is 19.5. The van der Waals surface area contributed by atoms with Gasteiger partial charge in [0.2, 0.25) is 11.9 Å². The lowest BCUT2D eigenvalue weighted by Crippen LogP contribution is -2.44. The number of para-hydroxylation sites is 1. The Hall–Kier alpha value is -4.37. The van der Waals surface area contributed by atoms with Crippen LogP contribution in [0.1, 0.15) is 0 Å². The van der Waals surface area contributed by atoms with E-state index in [1.54, 1.807) is 12.4 Å². The number of nitrogens with one attached hydrogen (secondary N) is 2. The number of fused-ring (bicyclic) bond motifs is 1. The predicted octanol–water partition coefficient (Wildman–Crippen LogP) is 3.71. The van der Waals surface area contributed by atoms with Crippen molar-refractivity contribution in [1.82, 2.24) is 24.8 Å². The molecule has 1 saturated heterocycles. The Kier molecular flexibility index (Phi) is 6.32. The summed E-state index contributed by atoms with van der Waals surface area (Å²) in [4.78, 5) is 34.4. The third-order valence-corrected chi connectivity index (χ3v) is 5.95. The minimum Gasteiger partial charge on any atom is -0.369 e. The van der Waals surface area contributed by atoms with Crippen LogP contribution < -0.4 is 15.5 Å². The summed E-state index contributed by atoms with van der Waals surface area (Å²) in [5.41, 5.74) is 4.25. The summed E-state index contributed by atoms with van der Waals surface area (Å²) in [6.45, 7) is 7.66. The Bertz CT molecular complexity index is 1360. The van der Waals surface area contributed by atoms with Crippen LogP contribution in [0.15, 0.2) is 73.7 Å². The SMILES string of the molecule is C=CC(=O)Nc1cncc(-c2cccc3cnc(Nc4ccc(N5CCN(C)CC5)cc4)nc23)n1. The highest BCUT2D eigenvalue weighted by atomic mass is 16.1. The Labute approximate surface area is 203 Å². The molecule has 1 aliphatic heterocycles. The van der Waals surface area contributed by atoms with E-state index >= 15 is 0 Å². The topological polar surface area (TPSA) is 99.2 Å². The van der Waals surface area contributed by atoms with Gasteiger partial charge < -0.3 is 20.4 Å². The second-order valence-corrected chi connectivity index (χ2v) is 8.38. The van der Waals surface area contributed by atoms with Crippen LogP contribution in [0.4, 0.5) is 23.1 Å². The lowest BCUT2D eigenvalue weighted by Gasteiger charge is -2.34. The number of amides is 1. The van der Waals surface area contributed by atoms with Crippen LogP contribution in [-0.4, -0.2) is 64.0 Å². The van der Waals surface area contributed by atoms with Crippen LogP contribution in [-0.2, 0) is 4.79 Å². The molecule has 0 radical (unpaired) electrons. The molecule has 2 aromatic heterocycles. The number of hydrogen-bond donors (Lipinski definition) is 2. The van der Waals surface area contributed by atoms with Crippen LogP contribution in [0, 0.1) is 0 Å². The van der Waals surface area contributed by atoms with Crippen molar-refractivity contribution in [3.8, 4) is 11.3 Å². The van der Waals surface area contributed by atoms with Gasteiger partial charge in [-0.25, -0.2) is 15.0 Å². The molecule has 1 amide bonds. The van der Waals surface area contributed by atoms with Gasteiger partial charge in [-0.15, -0.1) is 0 Å². The normalized spacial score (nSPS) is 14.0. The van der Waals surface area contributed by atoms with E-state index in [-0.39, 0.29) is 5.91 Å². The summed E-state index contributed by atoms with van der Waals surface area (Å²) in [5.74, 6) is 0.487. The van der Waals surface area contributed by atoms with Crippen molar-refractivity contribution in [2.45, 2.75) is 0 Å². The number of piperazine rings is 1. The molecule has 4 aromatic rings. The molecule has 35 heavy (non-hydrogen) atoms. The smallest absolute Gasteiger partial charge is 0.248 e. The van der Waals surface area contributed by atoms with Gasteiger partial charge in [-0.3, -0.25) is 9.78 Å². The number of anilines is 4. The standard InChI is InChI=1S/C26H26N8O/c1-3-24(35)31-23-17-27-16-22(30-23)21-6-4-5-18-15-28-26(32-25(18)21)29-19-7-9-20(10-8-19)34-13-11-33(2)12-14-34/h3-10,15-17H,1,11-14H2,2H3,(H,28,29,32)(H,30,31,35). The third-order valence-electron chi connectivity index (χ3n) is 5.95. The van der Waals surface area contributed by atoms with Crippen molar-refractivity contribution >= 4 is 40.0 Å². The Morgan fingerprint density at radius 3 is 2.57 bits per heavy atom. The van der Waals surface area contributed by atoms with Gasteiger partial charge in [0.15, 0.2) is 5.82 Å². The van der Waals surface area contributed by atoms with E-state index in [4.69, 9.17) is 4.98 Å². The fourth-order valence-corrected chi connectivity index (χ4v) is 4.01. The highest BCUT2D eigenvalue weighted by Crippen LogP contribution is 2.28. The minimum atomic E-state index is -0.346. The van der Waals surface area contributed by atoms with E-state index in [1.807, 2.05) is 30.3 Å². The highest BCUT2D eigenvalue weighted by Gasteiger charge is 2.14. The zero-order chi connectivity index (χ0) is 24.2. The Morgan fingerprint density at radius 2 is 1.80 bits per heavy atom. The van der Waals surface area contributed by atoms with Crippen molar-refractivity contribution in [3.05, 3.63) is 73.7 Å². The maximum absolute atomic E-state index is 11.7. The van der Waals surface area contributed by atoms with Crippen molar-refractivity contribution in [3.63, 3.8) is 0 Å². The second-order valence-electron chi connectivity index (χ2n) is 8.38. The molecule has 0 bridgehead atoms. The zero-order valence-corrected chi connectivity index (χ0v) is 19.5. The van der Waals surface area contributed by atoms with E-state index in [0.29, 0.717) is 17.5 Å². The van der Waals surface area contributed by atoms with Crippen LogP contribution in [0.3, 0.4) is 0 Å². The van der Waals surface area contributed by atoms with E-state index in [9.17, 15) is 4.79 Å². The number of hydrogen-bond acceptors (Lipinski definition) is 8.